The maximum absolute atomic E-state index is 11.0. The van der Waals surface area contributed by atoms with Crippen LogP contribution in [-0.4, -0.2) is 28.3 Å². The molecule has 1 aromatic rings. The minimum Gasteiger partial charge on any atom is -0.480 e. The van der Waals surface area contributed by atoms with E-state index in [1.165, 1.54) is 0 Å². The molecular weight excluding hydrogens is 192 g/mol. The third kappa shape index (κ3) is 2.03. The zero-order chi connectivity index (χ0) is 10.7. The van der Waals surface area contributed by atoms with E-state index in [4.69, 9.17) is 5.11 Å². The zero-order valence-corrected chi connectivity index (χ0v) is 8.21. The van der Waals surface area contributed by atoms with Gasteiger partial charge in [-0.3, -0.25) is 9.98 Å². The Labute approximate surface area is 87.7 Å². The average molecular weight is 204 g/mol. The lowest BCUT2D eigenvalue weighted by Gasteiger charge is -2.23. The number of aromatic nitrogens is 1. The first-order chi connectivity index (χ1) is 7.29. The third-order valence-electron chi connectivity index (χ3n) is 2.64. The lowest BCUT2D eigenvalue weighted by atomic mass is 9.86. The molecule has 0 spiro atoms. The van der Waals surface area contributed by atoms with Gasteiger partial charge in [-0.2, -0.15) is 0 Å². The van der Waals surface area contributed by atoms with Gasteiger partial charge < -0.3 is 5.11 Å². The molecule has 0 amide bonds. The van der Waals surface area contributed by atoms with Crippen LogP contribution in [0.25, 0.3) is 0 Å². The number of carboxylic acids is 1. The van der Waals surface area contributed by atoms with Crippen LogP contribution < -0.4 is 0 Å². The highest BCUT2D eigenvalue weighted by Gasteiger charge is 2.30. The van der Waals surface area contributed by atoms with E-state index >= 15 is 0 Å². The van der Waals surface area contributed by atoms with Gasteiger partial charge in [0, 0.05) is 18.3 Å². The molecule has 0 fully saturated rings. The minimum atomic E-state index is -0.854. The lowest BCUT2D eigenvalue weighted by molar-refractivity contribution is -0.139. The molecule has 2 unspecified atom stereocenters. The molecule has 2 rings (SSSR count). The van der Waals surface area contributed by atoms with E-state index in [1.807, 2.05) is 12.1 Å². The maximum Gasteiger partial charge on any atom is 0.329 e. The third-order valence-corrected chi connectivity index (χ3v) is 2.64. The highest BCUT2D eigenvalue weighted by atomic mass is 16.4. The fraction of sp³-hybridized carbons (Fsp3) is 0.364. The van der Waals surface area contributed by atoms with Crippen molar-refractivity contribution in [3.63, 3.8) is 0 Å². The predicted octanol–water partition coefficient (Wildman–Crippen LogP) is 1.48. The molecular formula is C11H12N2O2. The summed E-state index contributed by atoms with van der Waals surface area (Å²) in [5.41, 5.74) is 1.01. The summed E-state index contributed by atoms with van der Waals surface area (Å²) in [4.78, 5) is 19.0. The van der Waals surface area contributed by atoms with Gasteiger partial charge in [0.05, 0.1) is 0 Å². The Balaban J connectivity index is 2.28. The van der Waals surface area contributed by atoms with Gasteiger partial charge in [-0.15, -0.1) is 0 Å². The molecule has 0 saturated heterocycles. The van der Waals surface area contributed by atoms with Crippen molar-refractivity contribution in [1.82, 2.24) is 4.98 Å². The van der Waals surface area contributed by atoms with Crippen molar-refractivity contribution < 1.29 is 9.90 Å². The highest BCUT2D eigenvalue weighted by Crippen LogP contribution is 2.29. The van der Waals surface area contributed by atoms with Gasteiger partial charge in [0.1, 0.15) is 0 Å². The Morgan fingerprint density at radius 1 is 1.40 bits per heavy atom. The van der Waals surface area contributed by atoms with Crippen LogP contribution >= 0.6 is 0 Å². The summed E-state index contributed by atoms with van der Waals surface area (Å²) < 4.78 is 0. The molecule has 2 atom stereocenters. The van der Waals surface area contributed by atoms with Crippen LogP contribution in [0.3, 0.4) is 0 Å². The molecule has 1 aliphatic rings. The quantitative estimate of drug-likeness (QED) is 0.793. The number of aliphatic imine (C=N–C) groups is 1. The Bertz CT molecular complexity index is 375. The maximum atomic E-state index is 11.0. The average Bonchev–Trinajstić information content (AvgIpc) is 2.30. The van der Waals surface area contributed by atoms with Crippen molar-refractivity contribution in [2.24, 2.45) is 4.99 Å². The Morgan fingerprint density at radius 2 is 2.13 bits per heavy atom. The molecule has 0 aromatic carbocycles. The summed E-state index contributed by atoms with van der Waals surface area (Å²) >= 11 is 0. The molecule has 1 N–H and O–H groups in total. The summed E-state index contributed by atoms with van der Waals surface area (Å²) in [6, 6.07) is 3.09. The Kier molecular flexibility index (Phi) is 2.76. The summed E-state index contributed by atoms with van der Waals surface area (Å²) in [5, 5.41) is 9.04. The molecule has 0 saturated carbocycles. The second-order valence-corrected chi connectivity index (χ2v) is 3.58. The number of aliphatic carboxylic acids is 1. The minimum absolute atomic E-state index is 0.0181. The summed E-state index contributed by atoms with van der Waals surface area (Å²) in [6.07, 6.45) is 6.76. The topological polar surface area (TPSA) is 62.5 Å². The van der Waals surface area contributed by atoms with Crippen molar-refractivity contribution in [3.05, 3.63) is 30.1 Å². The number of carboxylic acid groups (broad SMARTS) is 1. The van der Waals surface area contributed by atoms with E-state index in [2.05, 4.69) is 9.98 Å². The van der Waals surface area contributed by atoms with Gasteiger partial charge in [-0.05, 0) is 36.8 Å². The number of pyridine rings is 1. The predicted molar refractivity (Wildman–Crippen MR) is 56.1 cm³/mol. The van der Waals surface area contributed by atoms with Gasteiger partial charge >= 0.3 is 5.97 Å². The van der Waals surface area contributed by atoms with E-state index in [0.29, 0.717) is 0 Å². The van der Waals surface area contributed by atoms with Crippen molar-refractivity contribution >= 4 is 12.2 Å². The van der Waals surface area contributed by atoms with E-state index in [0.717, 1.165) is 18.4 Å². The van der Waals surface area contributed by atoms with E-state index in [9.17, 15) is 4.79 Å². The van der Waals surface area contributed by atoms with Crippen molar-refractivity contribution in [2.75, 3.05) is 0 Å². The smallest absolute Gasteiger partial charge is 0.329 e. The van der Waals surface area contributed by atoms with Crippen molar-refractivity contribution in [1.29, 1.82) is 0 Å². The second kappa shape index (κ2) is 4.21. The summed E-state index contributed by atoms with van der Waals surface area (Å²) in [6.45, 7) is 0. The van der Waals surface area contributed by atoms with Gasteiger partial charge in [-0.1, -0.05) is 0 Å². The highest BCUT2D eigenvalue weighted by molar-refractivity contribution is 5.78. The van der Waals surface area contributed by atoms with Gasteiger partial charge in [0.2, 0.25) is 0 Å². The monoisotopic (exact) mass is 204 g/mol. The molecule has 2 heterocycles. The van der Waals surface area contributed by atoms with Crippen LogP contribution in [0.1, 0.15) is 24.3 Å². The fourth-order valence-corrected chi connectivity index (χ4v) is 1.90. The number of nitrogens with zero attached hydrogens (tertiary/aromatic N) is 2. The molecule has 78 valence electrons. The molecule has 0 radical (unpaired) electrons. The molecule has 0 aliphatic carbocycles. The normalized spacial score (nSPS) is 25.1. The van der Waals surface area contributed by atoms with E-state index in [-0.39, 0.29) is 5.92 Å². The Hall–Kier alpha value is -1.71. The summed E-state index contributed by atoms with van der Waals surface area (Å²) in [5.74, 6) is -0.872. The van der Waals surface area contributed by atoms with Crippen LogP contribution in [0.15, 0.2) is 29.5 Å². The first-order valence-corrected chi connectivity index (χ1v) is 4.93. The fourth-order valence-electron chi connectivity index (χ4n) is 1.90. The zero-order valence-electron chi connectivity index (χ0n) is 8.21. The van der Waals surface area contributed by atoms with Gasteiger partial charge in [0.25, 0.3) is 0 Å². The summed E-state index contributed by atoms with van der Waals surface area (Å²) in [7, 11) is 0. The first-order valence-electron chi connectivity index (χ1n) is 4.93. The van der Waals surface area contributed by atoms with E-state index in [1.54, 1.807) is 18.6 Å². The number of carbonyl (C=O) groups is 1. The molecule has 0 bridgehead atoms. The Morgan fingerprint density at radius 3 is 2.80 bits per heavy atom. The molecule has 4 heteroatoms. The standard InChI is InChI=1S/C11H12N2O2/c14-11(15)10-9(2-1-5-13-10)8-3-6-12-7-4-8/h3-7,9-10H,1-2H2,(H,14,15). The molecule has 15 heavy (non-hydrogen) atoms. The van der Waals surface area contributed by atoms with Crippen LogP contribution in [0, 0.1) is 0 Å². The number of hydrogen-bond donors (Lipinski definition) is 1. The SMILES string of the molecule is O=C(O)C1N=CCCC1c1ccncc1. The second-order valence-electron chi connectivity index (χ2n) is 3.58. The largest absolute Gasteiger partial charge is 0.480 e. The number of rotatable bonds is 2. The molecule has 4 nitrogen and oxygen atoms in total. The van der Waals surface area contributed by atoms with Crippen LogP contribution in [0.2, 0.25) is 0 Å². The van der Waals surface area contributed by atoms with Gasteiger partial charge in [-0.25, -0.2) is 4.79 Å². The lowest BCUT2D eigenvalue weighted by Crippen LogP contribution is -2.29. The van der Waals surface area contributed by atoms with Crippen molar-refractivity contribution in [2.45, 2.75) is 24.8 Å². The van der Waals surface area contributed by atoms with E-state index < -0.39 is 12.0 Å². The van der Waals surface area contributed by atoms with Crippen LogP contribution in [0.4, 0.5) is 0 Å². The van der Waals surface area contributed by atoms with Crippen LogP contribution in [0.5, 0.6) is 0 Å². The number of hydrogen-bond acceptors (Lipinski definition) is 3. The van der Waals surface area contributed by atoms with Gasteiger partial charge in [0.15, 0.2) is 6.04 Å². The molecule has 1 aromatic heterocycles. The molecule has 1 aliphatic heterocycles. The van der Waals surface area contributed by atoms with Crippen LogP contribution in [-0.2, 0) is 4.79 Å². The first kappa shape index (κ1) is 9.83. The van der Waals surface area contributed by atoms with Crippen molar-refractivity contribution in [3.8, 4) is 0 Å².